The van der Waals surface area contributed by atoms with Crippen molar-refractivity contribution in [2.24, 2.45) is 7.05 Å². The molecule has 0 aliphatic rings. The van der Waals surface area contributed by atoms with Crippen LogP contribution < -0.4 is 10.1 Å². The number of hydrogen-bond donors (Lipinski definition) is 1. The van der Waals surface area contributed by atoms with E-state index in [4.69, 9.17) is 39.5 Å². The van der Waals surface area contributed by atoms with E-state index < -0.39 is 11.9 Å². The van der Waals surface area contributed by atoms with Gasteiger partial charge >= 0.3 is 0 Å². The normalized spacial score (nSPS) is 11.9. The van der Waals surface area contributed by atoms with Crippen molar-refractivity contribution >= 4 is 58.2 Å². The smallest absolute Gasteiger partial charge is 0.234 e. The SMILES string of the molecule is CC(Oc1ccc(F)cc1Cl)c1nnc(SCC(=O)Nc2cccc(Cl)c2Cl)n1C. The summed E-state index contributed by atoms with van der Waals surface area (Å²) in [6.45, 7) is 1.77. The van der Waals surface area contributed by atoms with Crippen LogP contribution in [0.15, 0.2) is 41.6 Å². The molecule has 3 rings (SSSR count). The fourth-order valence-corrected chi connectivity index (χ4v) is 3.81. The molecule has 11 heteroatoms. The summed E-state index contributed by atoms with van der Waals surface area (Å²) < 4.78 is 20.7. The summed E-state index contributed by atoms with van der Waals surface area (Å²) in [6, 6.07) is 8.88. The van der Waals surface area contributed by atoms with E-state index in [-0.39, 0.29) is 21.7 Å². The molecule has 0 saturated heterocycles. The zero-order valence-corrected chi connectivity index (χ0v) is 18.9. The maximum atomic E-state index is 13.2. The van der Waals surface area contributed by atoms with Crippen molar-refractivity contribution in [1.29, 1.82) is 0 Å². The van der Waals surface area contributed by atoms with E-state index in [2.05, 4.69) is 15.5 Å². The minimum Gasteiger partial charge on any atom is -0.481 e. The molecule has 6 nitrogen and oxygen atoms in total. The Balaban J connectivity index is 1.62. The van der Waals surface area contributed by atoms with Gasteiger partial charge in [0.1, 0.15) is 11.6 Å². The van der Waals surface area contributed by atoms with Crippen molar-refractivity contribution in [3.8, 4) is 5.75 Å². The second-order valence-electron chi connectivity index (χ2n) is 6.17. The minimum atomic E-state index is -0.501. The van der Waals surface area contributed by atoms with Crippen molar-refractivity contribution in [1.82, 2.24) is 14.8 Å². The van der Waals surface area contributed by atoms with Crippen molar-refractivity contribution in [2.45, 2.75) is 18.2 Å². The molecule has 2 aromatic carbocycles. The molecule has 1 N–H and O–H groups in total. The topological polar surface area (TPSA) is 69.0 Å². The number of amides is 1. The molecule has 0 saturated carbocycles. The molecule has 158 valence electrons. The molecule has 1 amide bonds. The van der Waals surface area contributed by atoms with Gasteiger partial charge in [-0.15, -0.1) is 10.2 Å². The van der Waals surface area contributed by atoms with Crippen molar-refractivity contribution in [3.05, 3.63) is 63.1 Å². The van der Waals surface area contributed by atoms with Crippen molar-refractivity contribution in [3.63, 3.8) is 0 Å². The summed E-state index contributed by atoms with van der Waals surface area (Å²) in [5.41, 5.74) is 0.437. The Labute approximate surface area is 191 Å². The molecule has 0 fully saturated rings. The molecule has 30 heavy (non-hydrogen) atoms. The van der Waals surface area contributed by atoms with Crippen LogP contribution in [0.2, 0.25) is 15.1 Å². The van der Waals surface area contributed by atoms with Crippen LogP contribution in [0.1, 0.15) is 18.9 Å². The predicted octanol–water partition coefficient (Wildman–Crippen LogP) is 5.79. The highest BCUT2D eigenvalue weighted by atomic mass is 35.5. The lowest BCUT2D eigenvalue weighted by Crippen LogP contribution is -2.15. The first-order chi connectivity index (χ1) is 14.3. The highest BCUT2D eigenvalue weighted by Crippen LogP contribution is 2.31. The van der Waals surface area contributed by atoms with Gasteiger partial charge in [-0.1, -0.05) is 52.6 Å². The largest absolute Gasteiger partial charge is 0.481 e. The molecule has 0 bridgehead atoms. The number of thioether (sulfide) groups is 1. The number of benzene rings is 2. The highest BCUT2D eigenvalue weighted by molar-refractivity contribution is 7.99. The Kier molecular flexibility index (Phi) is 7.46. The average Bonchev–Trinajstić information content (AvgIpc) is 3.06. The third-order valence-electron chi connectivity index (χ3n) is 3.99. The van der Waals surface area contributed by atoms with E-state index in [0.29, 0.717) is 27.4 Å². The predicted molar refractivity (Wildman–Crippen MR) is 117 cm³/mol. The van der Waals surface area contributed by atoms with Crippen LogP contribution in [0, 0.1) is 5.82 Å². The molecule has 1 aromatic heterocycles. The third kappa shape index (κ3) is 5.37. The fraction of sp³-hybridized carbons (Fsp3) is 0.211. The average molecular weight is 490 g/mol. The third-order valence-corrected chi connectivity index (χ3v) is 6.12. The Morgan fingerprint density at radius 2 is 2.00 bits per heavy atom. The number of hydrogen-bond acceptors (Lipinski definition) is 5. The lowest BCUT2D eigenvalue weighted by atomic mass is 10.3. The highest BCUT2D eigenvalue weighted by Gasteiger charge is 2.19. The quantitative estimate of drug-likeness (QED) is 0.426. The Hall–Kier alpha value is -2.00. The van der Waals surface area contributed by atoms with Gasteiger partial charge in [0.2, 0.25) is 5.91 Å². The second kappa shape index (κ2) is 9.87. The number of rotatable bonds is 7. The van der Waals surface area contributed by atoms with Gasteiger partial charge < -0.3 is 14.6 Å². The Morgan fingerprint density at radius 1 is 1.23 bits per heavy atom. The van der Waals surface area contributed by atoms with Gasteiger partial charge in [-0.2, -0.15) is 0 Å². The van der Waals surface area contributed by atoms with Crippen LogP contribution in [-0.2, 0) is 11.8 Å². The molecule has 0 spiro atoms. The van der Waals surface area contributed by atoms with Crippen LogP contribution in [0.25, 0.3) is 0 Å². The molecule has 0 radical (unpaired) electrons. The molecule has 1 atom stereocenters. The first-order valence-electron chi connectivity index (χ1n) is 8.64. The molecule has 1 heterocycles. The summed E-state index contributed by atoms with van der Waals surface area (Å²) in [4.78, 5) is 12.2. The number of halogens is 4. The van der Waals surface area contributed by atoms with E-state index >= 15 is 0 Å². The Bertz CT molecular complexity index is 1080. The molecule has 0 aliphatic carbocycles. The van der Waals surface area contributed by atoms with Crippen molar-refractivity contribution < 1.29 is 13.9 Å². The number of nitrogens with zero attached hydrogens (tertiary/aromatic N) is 3. The number of carbonyl (C=O) groups excluding carboxylic acids is 1. The fourth-order valence-electron chi connectivity index (χ4n) is 2.54. The molecule has 3 aromatic rings. The summed E-state index contributed by atoms with van der Waals surface area (Å²) in [6.07, 6.45) is -0.501. The van der Waals surface area contributed by atoms with Crippen LogP contribution in [0.5, 0.6) is 5.75 Å². The number of nitrogens with one attached hydrogen (secondary N) is 1. The monoisotopic (exact) mass is 488 g/mol. The van der Waals surface area contributed by atoms with E-state index in [1.165, 1.54) is 30.0 Å². The lowest BCUT2D eigenvalue weighted by Gasteiger charge is -2.15. The first kappa shape index (κ1) is 22.7. The van der Waals surface area contributed by atoms with Crippen LogP contribution in [-0.4, -0.2) is 26.4 Å². The first-order valence-corrected chi connectivity index (χ1v) is 10.8. The number of ether oxygens (including phenoxy) is 1. The summed E-state index contributed by atoms with van der Waals surface area (Å²) in [7, 11) is 1.76. The van der Waals surface area contributed by atoms with Crippen LogP contribution in [0.4, 0.5) is 10.1 Å². The van der Waals surface area contributed by atoms with E-state index in [1.54, 1.807) is 36.7 Å². The van der Waals surface area contributed by atoms with Crippen molar-refractivity contribution in [2.75, 3.05) is 11.1 Å². The minimum absolute atomic E-state index is 0.0911. The van der Waals surface area contributed by atoms with Gasteiger partial charge in [-0.05, 0) is 37.3 Å². The summed E-state index contributed by atoms with van der Waals surface area (Å²) in [5.74, 6) is 0.232. The van der Waals surface area contributed by atoms with Gasteiger partial charge in [0.15, 0.2) is 17.1 Å². The Morgan fingerprint density at radius 3 is 2.73 bits per heavy atom. The van der Waals surface area contributed by atoms with Gasteiger partial charge in [0.05, 0.1) is 26.5 Å². The zero-order chi connectivity index (χ0) is 21.8. The molecular formula is C19H16Cl3FN4O2S. The molecular weight excluding hydrogens is 474 g/mol. The standard InChI is InChI=1S/C19H16Cl3FN4O2S/c1-10(29-15-7-6-11(23)8-13(15)21)18-25-26-19(27(18)2)30-9-16(28)24-14-5-3-4-12(20)17(14)22/h3-8,10H,9H2,1-2H3,(H,24,28). The maximum absolute atomic E-state index is 13.2. The van der Waals surface area contributed by atoms with Gasteiger partial charge in [-0.3, -0.25) is 4.79 Å². The van der Waals surface area contributed by atoms with Crippen LogP contribution in [0.3, 0.4) is 0 Å². The molecule has 0 aliphatic heterocycles. The second-order valence-corrected chi connectivity index (χ2v) is 8.31. The maximum Gasteiger partial charge on any atom is 0.234 e. The van der Waals surface area contributed by atoms with E-state index in [1.807, 2.05) is 0 Å². The zero-order valence-electron chi connectivity index (χ0n) is 15.8. The van der Waals surface area contributed by atoms with Gasteiger partial charge in [-0.25, -0.2) is 4.39 Å². The molecule has 1 unspecified atom stereocenters. The lowest BCUT2D eigenvalue weighted by molar-refractivity contribution is -0.113. The van der Waals surface area contributed by atoms with Gasteiger partial charge in [0.25, 0.3) is 0 Å². The number of anilines is 1. The summed E-state index contributed by atoms with van der Waals surface area (Å²) >= 11 is 19.2. The van der Waals surface area contributed by atoms with E-state index in [9.17, 15) is 9.18 Å². The van der Waals surface area contributed by atoms with Crippen LogP contribution >= 0.6 is 46.6 Å². The number of carbonyl (C=O) groups is 1. The van der Waals surface area contributed by atoms with E-state index in [0.717, 1.165) is 0 Å². The summed E-state index contributed by atoms with van der Waals surface area (Å²) in [5, 5.41) is 12.3. The van der Waals surface area contributed by atoms with Gasteiger partial charge in [0, 0.05) is 7.05 Å². The number of aromatic nitrogens is 3.